The average molecular weight is 537 g/mol. The Morgan fingerprint density at radius 2 is 1.44 bits per heavy atom. The third-order valence-electron chi connectivity index (χ3n) is 8.42. The summed E-state index contributed by atoms with van der Waals surface area (Å²) in [6, 6.07) is 17.8. The van der Waals surface area contributed by atoms with E-state index in [0.717, 1.165) is 29.6 Å². The Bertz CT molecular complexity index is 1350. The molecule has 2 aliphatic heterocycles. The van der Waals surface area contributed by atoms with Gasteiger partial charge in [0, 0.05) is 74.6 Å². The van der Waals surface area contributed by atoms with Gasteiger partial charge in [-0.05, 0) is 57.5 Å². The molecule has 3 heterocycles. The Morgan fingerprint density at radius 1 is 0.821 bits per heavy atom. The zero-order valence-electron chi connectivity index (χ0n) is 23.3. The predicted octanol–water partition coefficient (Wildman–Crippen LogP) is 5.46. The van der Waals surface area contributed by atoms with Crippen LogP contribution in [-0.2, 0) is 5.54 Å². The minimum atomic E-state index is -2.73. The summed E-state index contributed by atoms with van der Waals surface area (Å²) in [5.41, 5.74) is 2.28. The van der Waals surface area contributed by atoms with Crippen molar-refractivity contribution in [3.63, 3.8) is 0 Å². The second-order valence-electron chi connectivity index (χ2n) is 11.6. The average Bonchev–Trinajstić information content (AvgIpc) is 3.32. The number of piperidine rings is 1. The monoisotopic (exact) mass is 536 g/mol. The van der Waals surface area contributed by atoms with Crippen LogP contribution in [0.2, 0.25) is 0 Å². The molecule has 39 heavy (non-hydrogen) atoms. The molecule has 0 bridgehead atoms. The molecule has 0 unspecified atom stereocenters. The van der Waals surface area contributed by atoms with Crippen molar-refractivity contribution in [2.45, 2.75) is 58.0 Å². The molecule has 0 saturated carbocycles. The largest absolute Gasteiger partial charge is 0.337 e. The summed E-state index contributed by atoms with van der Waals surface area (Å²) in [4.78, 5) is 33.0. The van der Waals surface area contributed by atoms with E-state index in [1.54, 1.807) is 0 Å². The first-order valence-corrected chi connectivity index (χ1v) is 13.9. The van der Waals surface area contributed by atoms with Gasteiger partial charge >= 0.3 is 0 Å². The number of rotatable bonds is 5. The lowest BCUT2D eigenvalue weighted by atomic mass is 9.93. The molecule has 0 atom stereocenters. The van der Waals surface area contributed by atoms with Crippen molar-refractivity contribution < 1.29 is 18.4 Å². The van der Waals surface area contributed by atoms with Gasteiger partial charge in [0.1, 0.15) is 5.69 Å². The molecule has 2 saturated heterocycles. The highest BCUT2D eigenvalue weighted by atomic mass is 19.3. The van der Waals surface area contributed by atoms with E-state index in [4.69, 9.17) is 0 Å². The first-order chi connectivity index (χ1) is 18.5. The van der Waals surface area contributed by atoms with E-state index in [1.165, 1.54) is 4.90 Å². The zero-order valence-corrected chi connectivity index (χ0v) is 23.3. The Kier molecular flexibility index (Phi) is 7.27. The summed E-state index contributed by atoms with van der Waals surface area (Å²) < 4.78 is 29.7. The van der Waals surface area contributed by atoms with Gasteiger partial charge in [0.15, 0.2) is 0 Å². The van der Waals surface area contributed by atoms with Crippen LogP contribution >= 0.6 is 0 Å². The standard InChI is InChI=1S/C31H38F2N4O2/c1-22(2)34-16-18-36(19-17-34)28(38)23-10-11-26-24(20-23)21-27(29(39)35-14-12-31(32,33)13-15-35)37(26)30(3,4)25-8-6-5-7-9-25/h5-11,20-22H,12-19H2,1-4H3. The molecule has 0 radical (unpaired) electrons. The number of amides is 2. The highest BCUT2D eigenvalue weighted by Gasteiger charge is 2.38. The lowest BCUT2D eigenvalue weighted by molar-refractivity contribution is -0.0496. The van der Waals surface area contributed by atoms with Crippen LogP contribution in [0.1, 0.15) is 66.9 Å². The number of hydrogen-bond donors (Lipinski definition) is 0. The van der Waals surface area contributed by atoms with Crippen molar-refractivity contribution >= 4 is 22.7 Å². The molecular formula is C31H38F2N4O2. The maximum Gasteiger partial charge on any atom is 0.270 e. The number of fused-ring (bicyclic) bond motifs is 1. The third kappa shape index (κ3) is 5.31. The molecule has 2 aromatic carbocycles. The number of nitrogens with zero attached hydrogens (tertiary/aromatic N) is 4. The highest BCUT2D eigenvalue weighted by Crippen LogP contribution is 2.35. The van der Waals surface area contributed by atoms with Gasteiger partial charge in [-0.1, -0.05) is 30.3 Å². The summed E-state index contributed by atoms with van der Waals surface area (Å²) in [5.74, 6) is -3.01. The molecule has 0 aliphatic carbocycles. The van der Waals surface area contributed by atoms with E-state index in [9.17, 15) is 18.4 Å². The Hall–Kier alpha value is -3.26. The van der Waals surface area contributed by atoms with E-state index in [-0.39, 0.29) is 37.7 Å². The van der Waals surface area contributed by atoms with Crippen molar-refractivity contribution in [2.75, 3.05) is 39.3 Å². The summed E-state index contributed by atoms with van der Waals surface area (Å²) in [6.07, 6.45) is -0.659. The maximum absolute atomic E-state index is 13.9. The molecule has 8 heteroatoms. The Balaban J connectivity index is 1.52. The number of carbonyl (C=O) groups is 2. The number of aromatic nitrogens is 1. The number of likely N-dealkylation sites (tertiary alicyclic amines) is 1. The van der Waals surface area contributed by atoms with Crippen LogP contribution in [0, 0.1) is 0 Å². The van der Waals surface area contributed by atoms with Crippen LogP contribution in [0.15, 0.2) is 54.6 Å². The Morgan fingerprint density at radius 3 is 2.05 bits per heavy atom. The summed E-state index contributed by atoms with van der Waals surface area (Å²) >= 11 is 0. The molecule has 2 fully saturated rings. The van der Waals surface area contributed by atoms with Gasteiger partial charge in [0.2, 0.25) is 0 Å². The molecular weight excluding hydrogens is 498 g/mol. The van der Waals surface area contributed by atoms with Crippen molar-refractivity contribution in [3.8, 4) is 0 Å². The molecule has 208 valence electrons. The van der Waals surface area contributed by atoms with Crippen molar-refractivity contribution in [1.29, 1.82) is 0 Å². The fourth-order valence-corrected chi connectivity index (χ4v) is 5.91. The number of hydrogen-bond acceptors (Lipinski definition) is 3. The summed E-state index contributed by atoms with van der Waals surface area (Å²) in [6.45, 7) is 11.5. The summed E-state index contributed by atoms with van der Waals surface area (Å²) in [5, 5.41) is 0.788. The minimum absolute atomic E-state index is 0.0125. The molecule has 0 N–H and O–H groups in total. The smallest absolute Gasteiger partial charge is 0.270 e. The second kappa shape index (κ2) is 10.4. The lowest BCUT2D eigenvalue weighted by Crippen LogP contribution is -2.50. The third-order valence-corrected chi connectivity index (χ3v) is 8.42. The maximum atomic E-state index is 13.9. The van der Waals surface area contributed by atoms with Crippen molar-refractivity contribution in [1.82, 2.24) is 19.3 Å². The Labute approximate surface area is 229 Å². The van der Waals surface area contributed by atoms with Crippen LogP contribution in [0.3, 0.4) is 0 Å². The van der Waals surface area contributed by atoms with E-state index >= 15 is 0 Å². The van der Waals surface area contributed by atoms with Gasteiger partial charge in [-0.2, -0.15) is 0 Å². The van der Waals surface area contributed by atoms with Gasteiger partial charge in [-0.15, -0.1) is 0 Å². The van der Waals surface area contributed by atoms with E-state index < -0.39 is 11.5 Å². The number of benzene rings is 2. The molecule has 5 rings (SSSR count). The van der Waals surface area contributed by atoms with Crippen molar-refractivity contribution in [3.05, 3.63) is 71.4 Å². The van der Waals surface area contributed by atoms with Gasteiger partial charge < -0.3 is 14.4 Å². The molecule has 2 aliphatic rings. The molecule has 2 amide bonds. The molecule has 1 aromatic heterocycles. The van der Waals surface area contributed by atoms with Crippen LogP contribution in [0.4, 0.5) is 8.78 Å². The van der Waals surface area contributed by atoms with Gasteiger partial charge in [-0.25, -0.2) is 8.78 Å². The zero-order chi connectivity index (χ0) is 27.9. The van der Waals surface area contributed by atoms with E-state index in [1.807, 2.05) is 64.1 Å². The normalized spacial score (nSPS) is 18.6. The van der Waals surface area contributed by atoms with E-state index in [2.05, 4.69) is 32.6 Å². The topological polar surface area (TPSA) is 48.8 Å². The quantitative estimate of drug-likeness (QED) is 0.435. The van der Waals surface area contributed by atoms with E-state index in [0.29, 0.717) is 30.4 Å². The van der Waals surface area contributed by atoms with Crippen molar-refractivity contribution in [2.24, 2.45) is 0 Å². The number of alkyl halides is 2. The van der Waals surface area contributed by atoms with Crippen LogP contribution in [0.25, 0.3) is 10.9 Å². The number of halogens is 2. The predicted molar refractivity (Wildman–Crippen MR) is 150 cm³/mol. The minimum Gasteiger partial charge on any atom is -0.337 e. The second-order valence-corrected chi connectivity index (χ2v) is 11.6. The van der Waals surface area contributed by atoms with Crippen LogP contribution in [0.5, 0.6) is 0 Å². The molecule has 3 aromatic rings. The van der Waals surface area contributed by atoms with Gasteiger partial charge in [0.25, 0.3) is 17.7 Å². The van der Waals surface area contributed by atoms with Gasteiger partial charge in [-0.3, -0.25) is 14.5 Å². The highest BCUT2D eigenvalue weighted by molar-refractivity contribution is 6.02. The van der Waals surface area contributed by atoms with Crippen LogP contribution in [-0.4, -0.2) is 82.3 Å². The number of piperazine rings is 1. The number of carbonyl (C=O) groups excluding carboxylic acids is 2. The first kappa shape index (κ1) is 27.3. The SMILES string of the molecule is CC(C)N1CCN(C(=O)c2ccc3c(c2)cc(C(=O)N2CCC(F)(F)CC2)n3C(C)(C)c2ccccc2)CC1. The van der Waals surface area contributed by atoms with Gasteiger partial charge in [0.05, 0.1) is 5.54 Å². The lowest BCUT2D eigenvalue weighted by Gasteiger charge is -2.37. The van der Waals surface area contributed by atoms with Crippen LogP contribution < -0.4 is 0 Å². The molecule has 6 nitrogen and oxygen atoms in total. The summed E-state index contributed by atoms with van der Waals surface area (Å²) in [7, 11) is 0. The fraction of sp³-hybridized carbons (Fsp3) is 0.484. The first-order valence-electron chi connectivity index (χ1n) is 13.9. The fourth-order valence-electron chi connectivity index (χ4n) is 5.91. The molecule has 0 spiro atoms.